The van der Waals surface area contributed by atoms with Gasteiger partial charge in [0.1, 0.15) is 7.85 Å². The quantitative estimate of drug-likeness (QED) is 0.682. The first-order valence-electron chi connectivity index (χ1n) is 7.10. The summed E-state index contributed by atoms with van der Waals surface area (Å²) in [5.41, 5.74) is 0.261. The molecule has 0 radical (unpaired) electrons. The van der Waals surface area contributed by atoms with Crippen molar-refractivity contribution in [1.29, 1.82) is 0 Å². The molecule has 2 nitrogen and oxygen atoms in total. The number of hydrogen-bond donors (Lipinski definition) is 0. The molecule has 3 heteroatoms. The molecule has 98 valence electrons. The molecule has 1 heterocycles. The summed E-state index contributed by atoms with van der Waals surface area (Å²) >= 11 is 0. The zero-order valence-corrected chi connectivity index (χ0v) is 12.3. The van der Waals surface area contributed by atoms with Crippen LogP contribution in [0, 0.1) is 5.92 Å². The summed E-state index contributed by atoms with van der Waals surface area (Å²) in [6.45, 7) is 5.69. The van der Waals surface area contributed by atoms with Gasteiger partial charge in [-0.15, -0.1) is 0 Å². The molecule has 0 aromatic heterocycles. The van der Waals surface area contributed by atoms with E-state index >= 15 is 0 Å². The molecule has 1 saturated heterocycles. The Hall–Kier alpha value is -0.0151. The fourth-order valence-corrected chi connectivity index (χ4v) is 4.27. The Kier molecular flexibility index (Phi) is 3.62. The van der Waals surface area contributed by atoms with Gasteiger partial charge < -0.3 is 4.74 Å². The normalized spacial score (nSPS) is 47.8. The molecule has 4 unspecified atom stereocenters. The van der Waals surface area contributed by atoms with E-state index in [0.717, 1.165) is 18.6 Å². The second-order valence-electron chi connectivity index (χ2n) is 7.33. The number of fused-ring (bicyclic) bond motifs is 1. The van der Waals surface area contributed by atoms with Crippen molar-refractivity contribution in [3.05, 3.63) is 0 Å². The second-order valence-corrected chi connectivity index (χ2v) is 7.33. The minimum absolute atomic E-state index is 0.261. The van der Waals surface area contributed by atoms with Gasteiger partial charge in [-0.2, -0.15) is 0 Å². The van der Waals surface area contributed by atoms with Crippen molar-refractivity contribution in [1.82, 2.24) is 4.90 Å². The molecule has 0 bridgehead atoms. The predicted molar refractivity (Wildman–Crippen MR) is 75.3 cm³/mol. The Bertz CT molecular complexity index is 281. The van der Waals surface area contributed by atoms with Crippen LogP contribution in [-0.2, 0) is 4.74 Å². The van der Waals surface area contributed by atoms with Crippen LogP contribution in [0.2, 0.25) is 5.31 Å². The van der Waals surface area contributed by atoms with Crippen molar-refractivity contribution in [3.63, 3.8) is 0 Å². The SMILES string of the molecule is BC1(C)CCCC2C(C1)CC(C)(COC)N2C. The number of methoxy groups -OCH3 is 1. The third-order valence-corrected chi connectivity index (χ3v) is 5.22. The van der Waals surface area contributed by atoms with E-state index in [0.29, 0.717) is 5.31 Å². The zero-order chi connectivity index (χ0) is 12.7. The Morgan fingerprint density at radius 1 is 1.35 bits per heavy atom. The Morgan fingerprint density at radius 3 is 2.71 bits per heavy atom. The molecule has 0 N–H and O–H groups in total. The molecule has 1 aliphatic carbocycles. The van der Waals surface area contributed by atoms with Crippen molar-refractivity contribution in [2.24, 2.45) is 5.92 Å². The van der Waals surface area contributed by atoms with Crippen LogP contribution in [0.5, 0.6) is 0 Å². The van der Waals surface area contributed by atoms with Gasteiger partial charge in [-0.1, -0.05) is 31.5 Å². The molecule has 0 amide bonds. The van der Waals surface area contributed by atoms with Crippen molar-refractivity contribution >= 4 is 7.85 Å². The lowest BCUT2D eigenvalue weighted by atomic mass is 9.63. The van der Waals surface area contributed by atoms with E-state index in [9.17, 15) is 0 Å². The van der Waals surface area contributed by atoms with Gasteiger partial charge in [0.05, 0.1) is 6.61 Å². The van der Waals surface area contributed by atoms with Gasteiger partial charge in [0.2, 0.25) is 0 Å². The molecule has 2 fully saturated rings. The van der Waals surface area contributed by atoms with Crippen LogP contribution in [-0.4, -0.2) is 45.1 Å². The number of rotatable bonds is 2. The summed E-state index contributed by atoms with van der Waals surface area (Å²) in [7, 11) is 6.58. The highest BCUT2D eigenvalue weighted by atomic mass is 16.5. The third kappa shape index (κ3) is 2.55. The maximum atomic E-state index is 5.45. The van der Waals surface area contributed by atoms with Crippen molar-refractivity contribution in [2.45, 2.75) is 62.8 Å². The molecule has 1 aliphatic heterocycles. The van der Waals surface area contributed by atoms with Crippen LogP contribution in [0.3, 0.4) is 0 Å². The van der Waals surface area contributed by atoms with Crippen LogP contribution in [0.1, 0.15) is 46.0 Å². The van der Waals surface area contributed by atoms with Gasteiger partial charge in [0.25, 0.3) is 0 Å². The van der Waals surface area contributed by atoms with Gasteiger partial charge in [0, 0.05) is 18.7 Å². The topological polar surface area (TPSA) is 12.5 Å². The first kappa shape index (κ1) is 13.4. The Labute approximate surface area is 107 Å². The minimum Gasteiger partial charge on any atom is -0.383 e. The number of likely N-dealkylation sites (tertiary alicyclic amines) is 1. The van der Waals surface area contributed by atoms with E-state index in [1.807, 2.05) is 7.11 Å². The maximum Gasteiger partial charge on any atom is 0.109 e. The lowest BCUT2D eigenvalue weighted by molar-refractivity contribution is 0.0478. The van der Waals surface area contributed by atoms with Crippen molar-refractivity contribution in [2.75, 3.05) is 20.8 Å². The predicted octanol–water partition coefficient (Wildman–Crippen LogP) is 2.10. The molecule has 2 rings (SSSR count). The van der Waals surface area contributed by atoms with E-state index in [1.165, 1.54) is 32.1 Å². The van der Waals surface area contributed by atoms with E-state index in [4.69, 9.17) is 4.74 Å². The summed E-state index contributed by atoms with van der Waals surface area (Å²) in [5.74, 6) is 0.873. The molecular formula is C14H28BNO. The molecular weight excluding hydrogens is 209 g/mol. The average Bonchev–Trinajstić information content (AvgIpc) is 2.36. The zero-order valence-electron chi connectivity index (χ0n) is 12.3. The highest BCUT2D eigenvalue weighted by Gasteiger charge is 2.48. The van der Waals surface area contributed by atoms with E-state index in [1.54, 1.807) is 0 Å². The standard InChI is InChI=1S/C14H28BNO/c1-13(15)7-5-6-12-11(8-13)9-14(2,10-17-4)16(12)3/h11-12H,5-10,15H2,1-4H3. The van der Waals surface area contributed by atoms with Crippen molar-refractivity contribution < 1.29 is 4.74 Å². The van der Waals surface area contributed by atoms with Crippen LogP contribution < -0.4 is 0 Å². The third-order valence-electron chi connectivity index (χ3n) is 5.22. The Balaban J connectivity index is 2.14. The maximum absolute atomic E-state index is 5.45. The minimum atomic E-state index is 0.261. The highest BCUT2D eigenvalue weighted by molar-refractivity contribution is 6.14. The van der Waals surface area contributed by atoms with Crippen LogP contribution in [0.25, 0.3) is 0 Å². The first-order chi connectivity index (χ1) is 7.88. The molecule has 2 aliphatic rings. The van der Waals surface area contributed by atoms with Gasteiger partial charge in [-0.25, -0.2) is 0 Å². The number of ether oxygens (including phenoxy) is 1. The summed E-state index contributed by atoms with van der Waals surface area (Å²) in [4.78, 5) is 2.61. The highest BCUT2D eigenvalue weighted by Crippen LogP contribution is 2.49. The van der Waals surface area contributed by atoms with Crippen LogP contribution in [0.15, 0.2) is 0 Å². The summed E-state index contributed by atoms with van der Waals surface area (Å²) in [6, 6.07) is 0.789. The first-order valence-corrected chi connectivity index (χ1v) is 7.10. The fourth-order valence-electron chi connectivity index (χ4n) is 4.27. The summed E-state index contributed by atoms with van der Waals surface area (Å²) in [6.07, 6.45) is 6.87. The van der Waals surface area contributed by atoms with Gasteiger partial charge in [-0.3, -0.25) is 4.90 Å². The molecule has 0 spiro atoms. The second kappa shape index (κ2) is 4.58. The van der Waals surface area contributed by atoms with E-state index in [2.05, 4.69) is 33.6 Å². The Morgan fingerprint density at radius 2 is 2.06 bits per heavy atom. The van der Waals surface area contributed by atoms with Crippen LogP contribution in [0.4, 0.5) is 0 Å². The van der Waals surface area contributed by atoms with E-state index < -0.39 is 0 Å². The lowest BCUT2D eigenvalue weighted by Crippen LogP contribution is -2.45. The van der Waals surface area contributed by atoms with E-state index in [-0.39, 0.29) is 5.54 Å². The monoisotopic (exact) mass is 237 g/mol. The number of nitrogens with zero attached hydrogens (tertiary/aromatic N) is 1. The molecule has 1 saturated carbocycles. The van der Waals surface area contributed by atoms with Gasteiger partial charge in [0.15, 0.2) is 0 Å². The average molecular weight is 237 g/mol. The largest absolute Gasteiger partial charge is 0.383 e. The molecule has 0 aromatic rings. The van der Waals surface area contributed by atoms with Gasteiger partial charge >= 0.3 is 0 Å². The summed E-state index contributed by atoms with van der Waals surface area (Å²) in [5, 5.41) is 0.540. The molecule has 4 atom stereocenters. The summed E-state index contributed by atoms with van der Waals surface area (Å²) < 4.78 is 5.45. The number of likely N-dealkylation sites (N-methyl/N-ethyl adjacent to an activating group) is 1. The smallest absolute Gasteiger partial charge is 0.109 e. The lowest BCUT2D eigenvalue weighted by Gasteiger charge is -2.34. The molecule has 17 heavy (non-hydrogen) atoms. The number of hydrogen-bond acceptors (Lipinski definition) is 2. The fraction of sp³-hybridized carbons (Fsp3) is 1.00. The van der Waals surface area contributed by atoms with Gasteiger partial charge in [-0.05, 0) is 32.7 Å². The van der Waals surface area contributed by atoms with Crippen LogP contribution >= 0.6 is 0 Å². The van der Waals surface area contributed by atoms with Crippen molar-refractivity contribution in [3.8, 4) is 0 Å². The molecule has 0 aromatic carbocycles.